The summed E-state index contributed by atoms with van der Waals surface area (Å²) in [6.45, 7) is 0.267. The fraction of sp³-hybridized carbons (Fsp3) is 0.0769. The minimum Gasteiger partial charge on any atom is -0.458 e. The number of rotatable bonds is 4. The quantitative estimate of drug-likeness (QED) is 0.596. The van der Waals surface area contributed by atoms with Crippen molar-refractivity contribution in [1.29, 1.82) is 0 Å². The second-order valence-electron chi connectivity index (χ2n) is 3.34. The van der Waals surface area contributed by atoms with Crippen molar-refractivity contribution in [3.8, 4) is 0 Å². The van der Waals surface area contributed by atoms with E-state index in [1.807, 2.05) is 30.3 Å². The third kappa shape index (κ3) is 3.61. The molecule has 86 valence electrons. The van der Waals surface area contributed by atoms with Crippen molar-refractivity contribution < 1.29 is 13.9 Å². The van der Waals surface area contributed by atoms with Gasteiger partial charge < -0.3 is 9.15 Å². The number of aromatic nitrogens is 1. The third-order valence-electron chi connectivity index (χ3n) is 2.07. The molecule has 0 fully saturated rings. The molecule has 0 saturated heterocycles. The van der Waals surface area contributed by atoms with Gasteiger partial charge in [-0.25, -0.2) is 9.78 Å². The van der Waals surface area contributed by atoms with Gasteiger partial charge in [-0.3, -0.25) is 0 Å². The van der Waals surface area contributed by atoms with Crippen molar-refractivity contribution >= 4 is 12.0 Å². The summed E-state index contributed by atoms with van der Waals surface area (Å²) in [6.07, 6.45) is 5.60. The molecule has 4 nitrogen and oxygen atoms in total. The highest BCUT2D eigenvalue weighted by molar-refractivity contribution is 5.86. The van der Waals surface area contributed by atoms with E-state index in [1.54, 1.807) is 0 Å². The number of hydrogen-bond acceptors (Lipinski definition) is 4. The highest BCUT2D eigenvalue weighted by atomic mass is 16.5. The molecule has 2 aromatic rings. The number of oxazole rings is 1. The molecule has 0 N–H and O–H groups in total. The van der Waals surface area contributed by atoms with Crippen molar-refractivity contribution in [3.05, 3.63) is 60.3 Å². The first-order valence-electron chi connectivity index (χ1n) is 5.11. The van der Waals surface area contributed by atoms with E-state index in [-0.39, 0.29) is 6.61 Å². The van der Waals surface area contributed by atoms with E-state index >= 15 is 0 Å². The summed E-state index contributed by atoms with van der Waals surface area (Å²) in [5, 5.41) is 0. The van der Waals surface area contributed by atoms with E-state index < -0.39 is 5.97 Å². The summed E-state index contributed by atoms with van der Waals surface area (Å²) < 4.78 is 9.80. The molecule has 0 unspecified atom stereocenters. The standard InChI is InChI=1S/C13H11NO3/c15-13(7-6-12-9-16-10-14-12)17-8-11-4-2-1-3-5-11/h1-7,9-10H,8H2/b7-6+. The number of carbonyl (C=O) groups is 1. The molecule has 0 bridgehead atoms. The predicted octanol–water partition coefficient (Wildman–Crippen LogP) is 2.43. The lowest BCUT2D eigenvalue weighted by atomic mass is 10.2. The second-order valence-corrected chi connectivity index (χ2v) is 3.34. The van der Waals surface area contributed by atoms with Crippen LogP contribution in [0.1, 0.15) is 11.3 Å². The maximum atomic E-state index is 11.3. The van der Waals surface area contributed by atoms with E-state index in [1.165, 1.54) is 24.8 Å². The van der Waals surface area contributed by atoms with E-state index in [0.717, 1.165) is 5.56 Å². The van der Waals surface area contributed by atoms with Gasteiger partial charge >= 0.3 is 5.97 Å². The average molecular weight is 229 g/mol. The van der Waals surface area contributed by atoms with Crippen LogP contribution in [-0.2, 0) is 16.1 Å². The maximum Gasteiger partial charge on any atom is 0.331 e. The molecular formula is C13H11NO3. The van der Waals surface area contributed by atoms with Crippen LogP contribution in [0.15, 0.2) is 53.5 Å². The molecule has 0 saturated carbocycles. The molecule has 1 aromatic heterocycles. The SMILES string of the molecule is O=C(/C=C/c1cocn1)OCc1ccccc1. The van der Waals surface area contributed by atoms with Crippen LogP contribution in [0.25, 0.3) is 6.08 Å². The minimum atomic E-state index is -0.406. The molecule has 1 aromatic carbocycles. The molecule has 1 heterocycles. The van der Waals surface area contributed by atoms with Crippen molar-refractivity contribution in [3.63, 3.8) is 0 Å². The lowest BCUT2D eigenvalue weighted by Gasteiger charge is -2.00. The van der Waals surface area contributed by atoms with Gasteiger partial charge in [-0.15, -0.1) is 0 Å². The van der Waals surface area contributed by atoms with Gasteiger partial charge in [0.25, 0.3) is 0 Å². The Morgan fingerprint density at radius 2 is 2.18 bits per heavy atom. The van der Waals surface area contributed by atoms with E-state index in [2.05, 4.69) is 4.98 Å². The largest absolute Gasteiger partial charge is 0.458 e. The van der Waals surface area contributed by atoms with Crippen molar-refractivity contribution in [2.75, 3.05) is 0 Å². The first-order chi connectivity index (χ1) is 8.34. The summed E-state index contributed by atoms with van der Waals surface area (Å²) in [7, 11) is 0. The summed E-state index contributed by atoms with van der Waals surface area (Å²) in [5.41, 5.74) is 1.54. The Labute approximate surface area is 98.5 Å². The van der Waals surface area contributed by atoms with Crippen LogP contribution in [0.4, 0.5) is 0 Å². The van der Waals surface area contributed by atoms with Gasteiger partial charge in [0.15, 0.2) is 6.39 Å². The molecule has 17 heavy (non-hydrogen) atoms. The second kappa shape index (κ2) is 5.65. The Kier molecular flexibility index (Phi) is 3.70. The number of carbonyl (C=O) groups excluding carboxylic acids is 1. The lowest BCUT2D eigenvalue weighted by molar-refractivity contribution is -0.138. The molecule has 2 rings (SSSR count). The van der Waals surface area contributed by atoms with Gasteiger partial charge in [0.2, 0.25) is 0 Å². The third-order valence-corrected chi connectivity index (χ3v) is 2.07. The van der Waals surface area contributed by atoms with E-state index in [9.17, 15) is 4.79 Å². The number of esters is 1. The normalized spacial score (nSPS) is 10.6. The van der Waals surface area contributed by atoms with E-state index in [0.29, 0.717) is 5.69 Å². The molecule has 0 radical (unpaired) electrons. The molecule has 0 amide bonds. The van der Waals surface area contributed by atoms with Gasteiger partial charge in [0.1, 0.15) is 18.6 Å². The van der Waals surface area contributed by atoms with Crippen LogP contribution in [0, 0.1) is 0 Å². The van der Waals surface area contributed by atoms with E-state index in [4.69, 9.17) is 9.15 Å². The highest BCUT2D eigenvalue weighted by Crippen LogP contribution is 2.02. The average Bonchev–Trinajstić information content (AvgIpc) is 2.88. The highest BCUT2D eigenvalue weighted by Gasteiger charge is 1.98. The zero-order valence-electron chi connectivity index (χ0n) is 9.08. The summed E-state index contributed by atoms with van der Waals surface area (Å²) in [4.78, 5) is 15.2. The fourth-order valence-electron chi connectivity index (χ4n) is 1.23. The van der Waals surface area contributed by atoms with Crippen molar-refractivity contribution in [1.82, 2.24) is 4.98 Å². The molecule has 0 aliphatic carbocycles. The number of hydrogen-bond donors (Lipinski definition) is 0. The van der Waals surface area contributed by atoms with Crippen molar-refractivity contribution in [2.24, 2.45) is 0 Å². The Morgan fingerprint density at radius 1 is 1.35 bits per heavy atom. The Balaban J connectivity index is 1.82. The fourth-order valence-corrected chi connectivity index (χ4v) is 1.23. The Bertz CT molecular complexity index is 489. The van der Waals surface area contributed by atoms with Crippen LogP contribution in [0.2, 0.25) is 0 Å². The smallest absolute Gasteiger partial charge is 0.331 e. The van der Waals surface area contributed by atoms with Gasteiger partial charge in [-0.2, -0.15) is 0 Å². The first kappa shape index (κ1) is 11.1. The molecule has 0 spiro atoms. The maximum absolute atomic E-state index is 11.3. The van der Waals surface area contributed by atoms with Crippen LogP contribution in [0.5, 0.6) is 0 Å². The number of ether oxygens (including phenoxy) is 1. The molecular weight excluding hydrogens is 218 g/mol. The van der Waals surface area contributed by atoms with Crippen LogP contribution < -0.4 is 0 Å². The van der Waals surface area contributed by atoms with Crippen molar-refractivity contribution in [2.45, 2.75) is 6.61 Å². The van der Waals surface area contributed by atoms with Gasteiger partial charge in [0, 0.05) is 6.08 Å². The van der Waals surface area contributed by atoms with Gasteiger partial charge in [-0.1, -0.05) is 30.3 Å². The zero-order valence-corrected chi connectivity index (χ0v) is 9.08. The number of nitrogens with zero attached hydrogens (tertiary/aromatic N) is 1. The zero-order chi connectivity index (χ0) is 11.9. The Morgan fingerprint density at radius 3 is 2.88 bits per heavy atom. The predicted molar refractivity (Wildman–Crippen MR) is 61.8 cm³/mol. The summed E-state index contributed by atoms with van der Waals surface area (Å²) >= 11 is 0. The topological polar surface area (TPSA) is 52.3 Å². The summed E-state index contributed by atoms with van der Waals surface area (Å²) in [5.74, 6) is -0.406. The van der Waals surface area contributed by atoms with Gasteiger partial charge in [0.05, 0.1) is 0 Å². The number of benzene rings is 1. The lowest BCUT2D eigenvalue weighted by Crippen LogP contribution is -2.00. The minimum absolute atomic E-state index is 0.267. The molecule has 0 aliphatic rings. The summed E-state index contributed by atoms with van der Waals surface area (Å²) in [6, 6.07) is 9.50. The molecule has 4 heteroatoms. The van der Waals surface area contributed by atoms with Gasteiger partial charge in [-0.05, 0) is 11.6 Å². The van der Waals surface area contributed by atoms with Crippen LogP contribution >= 0.6 is 0 Å². The Hall–Kier alpha value is -2.36. The molecule has 0 aliphatic heterocycles. The molecule has 0 atom stereocenters. The van der Waals surface area contributed by atoms with Crippen LogP contribution in [-0.4, -0.2) is 11.0 Å². The van der Waals surface area contributed by atoms with Crippen LogP contribution in [0.3, 0.4) is 0 Å². The first-order valence-corrected chi connectivity index (χ1v) is 5.11. The monoisotopic (exact) mass is 229 g/mol.